The van der Waals surface area contributed by atoms with Gasteiger partial charge in [0.1, 0.15) is 0 Å². The number of hydrogen-bond donors (Lipinski definition) is 2. The Balaban J connectivity index is 1.71. The van der Waals surface area contributed by atoms with Crippen molar-refractivity contribution in [2.45, 2.75) is 51.5 Å². The number of hydrogen-bond acceptors (Lipinski definition) is 2. The molecule has 1 unspecified atom stereocenters. The Labute approximate surface area is 114 Å². The summed E-state index contributed by atoms with van der Waals surface area (Å²) in [5.74, 6) is 1.59. The molecule has 0 aromatic rings. The van der Waals surface area contributed by atoms with Gasteiger partial charge in [0.05, 0.1) is 0 Å². The molecule has 4 heteroatoms. The van der Waals surface area contributed by atoms with Crippen LogP contribution in [0.1, 0.15) is 45.4 Å². The maximum absolute atomic E-state index is 11.8. The van der Waals surface area contributed by atoms with E-state index in [0.717, 1.165) is 17.8 Å². The third-order valence-electron chi connectivity index (χ3n) is 5.79. The number of rotatable bonds is 2. The molecule has 19 heavy (non-hydrogen) atoms. The van der Waals surface area contributed by atoms with Crippen LogP contribution in [0.4, 0.5) is 0 Å². The van der Waals surface area contributed by atoms with Gasteiger partial charge >= 0.3 is 11.8 Å². The van der Waals surface area contributed by atoms with Gasteiger partial charge in [-0.15, -0.1) is 0 Å². The lowest BCUT2D eigenvalue weighted by molar-refractivity contribution is -0.141. The lowest BCUT2D eigenvalue weighted by Crippen LogP contribution is -2.57. The molecule has 2 amide bonds. The van der Waals surface area contributed by atoms with E-state index in [0.29, 0.717) is 0 Å². The molecule has 0 heterocycles. The van der Waals surface area contributed by atoms with Gasteiger partial charge in [-0.1, -0.05) is 0 Å². The van der Waals surface area contributed by atoms with Crippen LogP contribution in [0.3, 0.4) is 0 Å². The van der Waals surface area contributed by atoms with E-state index in [1.807, 2.05) is 0 Å². The van der Waals surface area contributed by atoms with Crippen LogP contribution in [0.15, 0.2) is 0 Å². The first-order chi connectivity index (χ1) is 9.02. The van der Waals surface area contributed by atoms with Crippen LogP contribution in [-0.2, 0) is 9.59 Å². The molecule has 0 saturated heterocycles. The number of carbonyl (C=O) groups is 2. The van der Waals surface area contributed by atoms with Crippen molar-refractivity contribution in [3.8, 4) is 0 Å². The normalized spacial score (nSPS) is 40.8. The Bertz CT molecular complexity index is 370. The fourth-order valence-electron chi connectivity index (χ4n) is 5.24. The van der Waals surface area contributed by atoms with E-state index in [2.05, 4.69) is 17.6 Å². The summed E-state index contributed by atoms with van der Waals surface area (Å²) in [7, 11) is 1.50. The Hall–Kier alpha value is -1.06. The van der Waals surface area contributed by atoms with E-state index in [9.17, 15) is 9.59 Å². The Kier molecular flexibility index (Phi) is 3.06. The highest BCUT2D eigenvalue weighted by Gasteiger charge is 2.53. The van der Waals surface area contributed by atoms with Crippen molar-refractivity contribution in [3.63, 3.8) is 0 Å². The first-order valence-corrected chi connectivity index (χ1v) is 7.55. The van der Waals surface area contributed by atoms with Crippen molar-refractivity contribution in [1.82, 2.24) is 10.6 Å². The lowest BCUT2D eigenvalue weighted by Gasteiger charge is -2.59. The molecule has 0 aliphatic heterocycles. The third-order valence-corrected chi connectivity index (χ3v) is 5.79. The van der Waals surface area contributed by atoms with Crippen molar-refractivity contribution in [2.24, 2.45) is 23.2 Å². The summed E-state index contributed by atoms with van der Waals surface area (Å²) >= 11 is 0. The molecule has 0 spiro atoms. The summed E-state index contributed by atoms with van der Waals surface area (Å²) in [6, 6.07) is 0.116. The summed E-state index contributed by atoms with van der Waals surface area (Å²) in [5, 5.41) is 5.33. The Morgan fingerprint density at radius 2 is 1.47 bits per heavy atom. The van der Waals surface area contributed by atoms with Gasteiger partial charge < -0.3 is 10.6 Å². The van der Waals surface area contributed by atoms with Gasteiger partial charge in [0.2, 0.25) is 0 Å². The molecule has 4 aliphatic rings. The van der Waals surface area contributed by atoms with Gasteiger partial charge in [-0.3, -0.25) is 9.59 Å². The first kappa shape index (κ1) is 12.9. The Morgan fingerprint density at radius 3 is 1.89 bits per heavy atom. The fourth-order valence-corrected chi connectivity index (χ4v) is 5.24. The zero-order chi connectivity index (χ0) is 13.6. The predicted molar refractivity (Wildman–Crippen MR) is 72.3 cm³/mol. The van der Waals surface area contributed by atoms with E-state index >= 15 is 0 Å². The standard InChI is InChI=1S/C15H24N2O2/c1-9(17-14(19)13(18)16-2)15-6-10-3-11(7-15)5-12(4-10)8-15/h9-12H,3-8H2,1-2H3,(H,16,18)(H,17,19). The average molecular weight is 264 g/mol. The van der Waals surface area contributed by atoms with Crippen molar-refractivity contribution in [2.75, 3.05) is 7.05 Å². The highest BCUT2D eigenvalue weighted by Crippen LogP contribution is 2.61. The maximum Gasteiger partial charge on any atom is 0.309 e. The van der Waals surface area contributed by atoms with Gasteiger partial charge in [0.25, 0.3) is 0 Å². The van der Waals surface area contributed by atoms with Gasteiger partial charge in [0.15, 0.2) is 0 Å². The zero-order valence-corrected chi connectivity index (χ0v) is 11.9. The van der Waals surface area contributed by atoms with E-state index in [1.54, 1.807) is 0 Å². The minimum Gasteiger partial charge on any atom is -0.351 e. The topological polar surface area (TPSA) is 58.2 Å². The molecule has 4 bridgehead atoms. The molecule has 4 fully saturated rings. The molecular weight excluding hydrogens is 240 g/mol. The summed E-state index contributed by atoms with van der Waals surface area (Å²) in [6.45, 7) is 2.09. The summed E-state index contributed by atoms with van der Waals surface area (Å²) < 4.78 is 0. The van der Waals surface area contributed by atoms with Crippen molar-refractivity contribution in [3.05, 3.63) is 0 Å². The summed E-state index contributed by atoms with van der Waals surface area (Å²) in [5.41, 5.74) is 0.262. The molecule has 0 radical (unpaired) electrons. The molecular formula is C15H24N2O2. The molecule has 1 atom stereocenters. The molecule has 4 nitrogen and oxygen atoms in total. The zero-order valence-electron chi connectivity index (χ0n) is 11.9. The first-order valence-electron chi connectivity index (χ1n) is 7.55. The van der Waals surface area contributed by atoms with Gasteiger partial charge in [-0.05, 0) is 68.6 Å². The molecule has 4 rings (SSSR count). The van der Waals surface area contributed by atoms with Crippen LogP contribution in [0.5, 0.6) is 0 Å². The van der Waals surface area contributed by atoms with E-state index in [4.69, 9.17) is 0 Å². The van der Waals surface area contributed by atoms with Gasteiger partial charge in [0, 0.05) is 13.1 Å². The van der Waals surface area contributed by atoms with E-state index in [1.165, 1.54) is 45.6 Å². The maximum atomic E-state index is 11.8. The highest BCUT2D eigenvalue weighted by molar-refractivity contribution is 6.35. The third kappa shape index (κ3) is 2.15. The fraction of sp³-hybridized carbons (Fsp3) is 0.867. The number of likely N-dealkylation sites (N-methyl/N-ethyl adjacent to an activating group) is 1. The smallest absolute Gasteiger partial charge is 0.309 e. The largest absolute Gasteiger partial charge is 0.351 e. The quantitative estimate of drug-likeness (QED) is 0.742. The van der Waals surface area contributed by atoms with Crippen LogP contribution in [-0.4, -0.2) is 24.9 Å². The van der Waals surface area contributed by atoms with Gasteiger partial charge in [-0.2, -0.15) is 0 Å². The number of amides is 2. The predicted octanol–water partition coefficient (Wildman–Crippen LogP) is 1.45. The summed E-state index contributed by atoms with van der Waals surface area (Å²) in [6.07, 6.45) is 7.93. The van der Waals surface area contributed by atoms with Gasteiger partial charge in [-0.25, -0.2) is 0 Å². The molecule has 106 valence electrons. The Morgan fingerprint density at radius 1 is 1.00 bits per heavy atom. The molecule has 0 aromatic carbocycles. The average Bonchev–Trinajstić information content (AvgIpc) is 2.36. The second-order valence-electron chi connectivity index (χ2n) is 7.05. The molecule has 4 aliphatic carbocycles. The minimum absolute atomic E-state index is 0.116. The van der Waals surface area contributed by atoms with E-state index < -0.39 is 11.8 Å². The van der Waals surface area contributed by atoms with E-state index in [-0.39, 0.29) is 11.5 Å². The molecule has 4 saturated carbocycles. The SMILES string of the molecule is CNC(=O)C(=O)NC(C)C12CC3CC(CC(C3)C1)C2. The number of carbonyl (C=O) groups excluding carboxylic acids is 2. The van der Waals surface area contributed by atoms with Crippen LogP contribution in [0, 0.1) is 23.2 Å². The second kappa shape index (κ2) is 4.50. The van der Waals surface area contributed by atoms with Crippen molar-refractivity contribution < 1.29 is 9.59 Å². The highest BCUT2D eigenvalue weighted by atomic mass is 16.2. The monoisotopic (exact) mass is 264 g/mol. The number of nitrogens with one attached hydrogen (secondary N) is 2. The molecule has 0 aromatic heterocycles. The van der Waals surface area contributed by atoms with Crippen molar-refractivity contribution >= 4 is 11.8 Å². The van der Waals surface area contributed by atoms with Crippen molar-refractivity contribution in [1.29, 1.82) is 0 Å². The second-order valence-corrected chi connectivity index (χ2v) is 7.05. The van der Waals surface area contributed by atoms with Crippen LogP contribution in [0.2, 0.25) is 0 Å². The summed E-state index contributed by atoms with van der Waals surface area (Å²) in [4.78, 5) is 23.1. The van der Waals surface area contributed by atoms with Crippen LogP contribution >= 0.6 is 0 Å². The van der Waals surface area contributed by atoms with Crippen LogP contribution in [0.25, 0.3) is 0 Å². The lowest BCUT2D eigenvalue weighted by atomic mass is 9.48. The minimum atomic E-state index is -0.531. The molecule has 2 N–H and O–H groups in total. The van der Waals surface area contributed by atoms with Crippen LogP contribution < -0.4 is 10.6 Å².